The average molecular weight is 244 g/mol. The second kappa shape index (κ2) is 4.37. The first-order valence-corrected chi connectivity index (χ1v) is 5.25. The Bertz CT molecular complexity index is 438. The van der Waals surface area contributed by atoms with E-state index < -0.39 is 11.9 Å². The first-order chi connectivity index (χ1) is 7.65. The lowest BCUT2D eigenvalue weighted by atomic mass is 10.1. The maximum absolute atomic E-state index is 13.4. The molecule has 2 rings (SSSR count). The van der Waals surface area contributed by atoms with Crippen molar-refractivity contribution in [2.45, 2.75) is 6.04 Å². The molecule has 0 bridgehead atoms. The monoisotopic (exact) mass is 243 g/mol. The van der Waals surface area contributed by atoms with Crippen LogP contribution in [0.15, 0.2) is 12.1 Å². The lowest BCUT2D eigenvalue weighted by Gasteiger charge is -2.11. The molecule has 1 aliphatic heterocycles. The smallest absolute Gasteiger partial charge is 0.246 e. The summed E-state index contributed by atoms with van der Waals surface area (Å²) in [5.41, 5.74) is 5.96. The average Bonchev–Trinajstić information content (AvgIpc) is 2.59. The van der Waals surface area contributed by atoms with Crippen LogP contribution in [0.2, 0.25) is 5.02 Å². The van der Waals surface area contributed by atoms with Gasteiger partial charge in [-0.15, -0.1) is 0 Å². The fourth-order valence-electron chi connectivity index (χ4n) is 1.73. The van der Waals surface area contributed by atoms with Crippen molar-refractivity contribution in [3.05, 3.63) is 28.5 Å². The van der Waals surface area contributed by atoms with E-state index in [1.807, 2.05) is 0 Å². The van der Waals surface area contributed by atoms with E-state index in [4.69, 9.17) is 17.3 Å². The van der Waals surface area contributed by atoms with Gasteiger partial charge in [0.2, 0.25) is 5.91 Å². The lowest BCUT2D eigenvalue weighted by molar-refractivity contribution is -0.117. The van der Waals surface area contributed by atoms with Crippen molar-refractivity contribution in [3.63, 3.8) is 0 Å². The third-order valence-corrected chi connectivity index (χ3v) is 2.76. The number of nitrogens with one attached hydrogen (secondary N) is 2. The minimum atomic E-state index is -0.623. The Morgan fingerprint density at radius 3 is 3.00 bits per heavy atom. The molecule has 1 amide bonds. The molecule has 0 spiro atoms. The normalized spacial score (nSPS) is 18.4. The Morgan fingerprint density at radius 2 is 2.31 bits per heavy atom. The molecule has 0 fully saturated rings. The molecule has 1 aromatic rings. The van der Waals surface area contributed by atoms with E-state index in [0.717, 1.165) is 0 Å². The predicted octanol–water partition coefficient (Wildman–Crippen LogP) is 1.02. The van der Waals surface area contributed by atoms with Gasteiger partial charge >= 0.3 is 0 Å². The van der Waals surface area contributed by atoms with Crippen molar-refractivity contribution in [1.82, 2.24) is 5.32 Å². The maximum atomic E-state index is 13.4. The van der Waals surface area contributed by atoms with Gasteiger partial charge in [0.1, 0.15) is 11.9 Å². The summed E-state index contributed by atoms with van der Waals surface area (Å²) >= 11 is 5.95. The summed E-state index contributed by atoms with van der Waals surface area (Å²) in [5.74, 6) is -0.791. The van der Waals surface area contributed by atoms with E-state index in [9.17, 15) is 9.18 Å². The summed E-state index contributed by atoms with van der Waals surface area (Å²) in [5, 5.41) is 5.75. The molecule has 6 heteroatoms. The third kappa shape index (κ3) is 1.77. The van der Waals surface area contributed by atoms with Crippen LogP contribution in [0.3, 0.4) is 0 Å². The van der Waals surface area contributed by atoms with Crippen molar-refractivity contribution in [1.29, 1.82) is 0 Å². The number of hydrogen-bond acceptors (Lipinski definition) is 3. The lowest BCUT2D eigenvalue weighted by Crippen LogP contribution is -2.31. The molecule has 1 aromatic carbocycles. The van der Waals surface area contributed by atoms with Crippen molar-refractivity contribution in [2.75, 3.05) is 18.4 Å². The van der Waals surface area contributed by atoms with Gasteiger partial charge in [0.25, 0.3) is 0 Å². The van der Waals surface area contributed by atoms with Gasteiger partial charge in [-0.1, -0.05) is 11.6 Å². The van der Waals surface area contributed by atoms with Gasteiger partial charge in [-0.3, -0.25) is 4.79 Å². The Labute approximate surface area is 97.0 Å². The van der Waals surface area contributed by atoms with Crippen LogP contribution in [-0.4, -0.2) is 19.0 Å². The summed E-state index contributed by atoms with van der Waals surface area (Å²) in [7, 11) is 0. The molecule has 16 heavy (non-hydrogen) atoms. The molecular weight excluding hydrogens is 233 g/mol. The molecule has 0 saturated carbocycles. The zero-order valence-corrected chi connectivity index (χ0v) is 9.14. The predicted molar refractivity (Wildman–Crippen MR) is 59.8 cm³/mol. The quantitative estimate of drug-likeness (QED) is 0.743. The second-order valence-electron chi connectivity index (χ2n) is 3.48. The van der Waals surface area contributed by atoms with Gasteiger partial charge in [0.15, 0.2) is 0 Å². The van der Waals surface area contributed by atoms with E-state index in [2.05, 4.69) is 10.6 Å². The molecular formula is C10H11ClFN3O. The van der Waals surface area contributed by atoms with E-state index in [1.165, 1.54) is 12.1 Å². The number of hydrogen-bond donors (Lipinski definition) is 3. The molecule has 4 N–H and O–H groups in total. The van der Waals surface area contributed by atoms with Gasteiger partial charge in [-0.25, -0.2) is 4.39 Å². The van der Waals surface area contributed by atoms with Crippen LogP contribution < -0.4 is 16.4 Å². The largest absolute Gasteiger partial charge is 0.329 e. The fraction of sp³-hybridized carbons (Fsp3) is 0.300. The maximum Gasteiger partial charge on any atom is 0.246 e. The summed E-state index contributed by atoms with van der Waals surface area (Å²) in [4.78, 5) is 11.6. The summed E-state index contributed by atoms with van der Waals surface area (Å²) in [6, 6.07) is 2.04. The standard InChI is InChI=1S/C10H11ClFN3O/c11-5-1-2-6(12)8-7(5)9(10(16)15-8)14-4-3-13/h1-2,9,14H,3-4,13H2,(H,15,16). The summed E-state index contributed by atoms with van der Waals surface area (Å²) < 4.78 is 13.4. The summed E-state index contributed by atoms with van der Waals surface area (Å²) in [6.45, 7) is 0.858. The molecule has 4 nitrogen and oxygen atoms in total. The van der Waals surface area contributed by atoms with Crippen LogP contribution >= 0.6 is 11.6 Å². The molecule has 1 heterocycles. The molecule has 0 radical (unpaired) electrons. The minimum absolute atomic E-state index is 0.159. The topological polar surface area (TPSA) is 67.1 Å². The zero-order valence-electron chi connectivity index (χ0n) is 8.39. The second-order valence-corrected chi connectivity index (χ2v) is 3.89. The highest BCUT2D eigenvalue weighted by molar-refractivity contribution is 6.32. The Balaban J connectivity index is 2.39. The molecule has 0 aromatic heterocycles. The van der Waals surface area contributed by atoms with Gasteiger partial charge < -0.3 is 16.4 Å². The van der Waals surface area contributed by atoms with Crippen LogP contribution in [0.1, 0.15) is 11.6 Å². The number of halogens is 2. The number of fused-ring (bicyclic) bond motifs is 1. The molecule has 1 unspecified atom stereocenters. The van der Waals surface area contributed by atoms with Crippen LogP contribution in [0.4, 0.5) is 10.1 Å². The van der Waals surface area contributed by atoms with Gasteiger partial charge in [-0.05, 0) is 12.1 Å². The van der Waals surface area contributed by atoms with E-state index in [1.54, 1.807) is 0 Å². The van der Waals surface area contributed by atoms with Crippen molar-refractivity contribution < 1.29 is 9.18 Å². The van der Waals surface area contributed by atoms with Crippen molar-refractivity contribution in [2.24, 2.45) is 5.73 Å². The zero-order chi connectivity index (χ0) is 11.7. The summed E-state index contributed by atoms with van der Waals surface area (Å²) in [6.07, 6.45) is 0. The number of amides is 1. The highest BCUT2D eigenvalue weighted by Gasteiger charge is 2.34. The molecule has 1 aliphatic rings. The highest BCUT2D eigenvalue weighted by Crippen LogP contribution is 2.37. The number of nitrogens with two attached hydrogens (primary N) is 1. The number of rotatable bonds is 3. The van der Waals surface area contributed by atoms with Crippen molar-refractivity contribution in [3.8, 4) is 0 Å². The van der Waals surface area contributed by atoms with E-state index in [0.29, 0.717) is 23.7 Å². The highest BCUT2D eigenvalue weighted by atomic mass is 35.5. The van der Waals surface area contributed by atoms with Gasteiger partial charge in [-0.2, -0.15) is 0 Å². The first kappa shape index (κ1) is 11.3. The van der Waals surface area contributed by atoms with Gasteiger partial charge in [0, 0.05) is 23.7 Å². The van der Waals surface area contributed by atoms with Crippen molar-refractivity contribution >= 4 is 23.2 Å². The first-order valence-electron chi connectivity index (χ1n) is 4.87. The molecule has 0 saturated heterocycles. The van der Waals surface area contributed by atoms with Crippen LogP contribution in [0, 0.1) is 5.82 Å². The SMILES string of the molecule is NCCNC1C(=O)Nc2c(F)ccc(Cl)c21. The number of anilines is 1. The molecule has 0 aliphatic carbocycles. The molecule has 86 valence electrons. The van der Waals surface area contributed by atoms with E-state index in [-0.39, 0.29) is 11.6 Å². The minimum Gasteiger partial charge on any atom is -0.329 e. The van der Waals surface area contributed by atoms with Crippen LogP contribution in [0.25, 0.3) is 0 Å². The van der Waals surface area contributed by atoms with Gasteiger partial charge in [0.05, 0.1) is 5.69 Å². The Hall–Kier alpha value is -1.17. The number of benzene rings is 1. The van der Waals surface area contributed by atoms with Crippen LogP contribution in [0.5, 0.6) is 0 Å². The number of carbonyl (C=O) groups excluding carboxylic acids is 1. The Morgan fingerprint density at radius 1 is 1.56 bits per heavy atom. The van der Waals surface area contributed by atoms with Crippen LogP contribution in [-0.2, 0) is 4.79 Å². The fourth-order valence-corrected chi connectivity index (χ4v) is 1.99. The third-order valence-electron chi connectivity index (χ3n) is 2.43. The molecule has 1 atom stereocenters. The van der Waals surface area contributed by atoms with E-state index >= 15 is 0 Å². The number of carbonyl (C=O) groups is 1. The Kier molecular flexibility index (Phi) is 3.09.